The quantitative estimate of drug-likeness (QED) is 0.722. The maximum atomic E-state index is 10.3. The molecule has 89 valence electrons. The van der Waals surface area contributed by atoms with Gasteiger partial charge in [0.25, 0.3) is 0 Å². The van der Waals surface area contributed by atoms with Crippen molar-refractivity contribution in [1.82, 2.24) is 0 Å². The van der Waals surface area contributed by atoms with Gasteiger partial charge in [-0.2, -0.15) is 16.8 Å². The molecule has 0 unspecified atom stereocenters. The second kappa shape index (κ2) is 4.25. The Kier molecular flexibility index (Phi) is 3.38. The second-order valence-electron chi connectivity index (χ2n) is 2.41. The molecule has 1 aromatic rings. The summed E-state index contributed by atoms with van der Waals surface area (Å²) in [6.07, 6.45) is 0. The standard InChI is InChI=1S/C6H5O8S2/c7-15(8,9)13-5-1-2-6(4-3-5)14-16(10,11)12/h1-3H,(H,7,8,9)(H,10,11,12). The molecule has 1 radical (unpaired) electrons. The van der Waals surface area contributed by atoms with E-state index in [9.17, 15) is 16.8 Å². The fourth-order valence-electron chi connectivity index (χ4n) is 0.735. The van der Waals surface area contributed by atoms with Gasteiger partial charge in [-0.15, -0.1) is 0 Å². The Labute approximate surface area is 91.3 Å². The Hall–Kier alpha value is -1.36. The van der Waals surface area contributed by atoms with Gasteiger partial charge in [-0.05, 0) is 18.2 Å². The molecular formula is C6H5O8S2. The van der Waals surface area contributed by atoms with Gasteiger partial charge >= 0.3 is 20.8 Å². The molecule has 0 saturated heterocycles. The molecule has 2 N–H and O–H groups in total. The molecule has 10 heteroatoms. The maximum Gasteiger partial charge on any atom is 0.446 e. The average molecular weight is 269 g/mol. The van der Waals surface area contributed by atoms with Crippen LogP contribution in [0.2, 0.25) is 0 Å². The summed E-state index contributed by atoms with van der Waals surface area (Å²) >= 11 is 0. The number of hydrogen-bond donors (Lipinski definition) is 2. The zero-order valence-corrected chi connectivity index (χ0v) is 9.03. The minimum absolute atomic E-state index is 0.301. The molecule has 0 saturated carbocycles. The van der Waals surface area contributed by atoms with Crippen molar-refractivity contribution in [3.8, 4) is 11.5 Å². The fourth-order valence-corrected chi connectivity index (χ4v) is 1.41. The van der Waals surface area contributed by atoms with Crippen LogP contribution in [0.3, 0.4) is 0 Å². The van der Waals surface area contributed by atoms with E-state index in [1.165, 1.54) is 0 Å². The van der Waals surface area contributed by atoms with Crippen LogP contribution in [0.15, 0.2) is 18.2 Å². The highest BCUT2D eigenvalue weighted by atomic mass is 32.3. The predicted octanol–water partition coefficient (Wildman–Crippen LogP) is -0.150. The molecule has 1 rings (SSSR count). The third-order valence-electron chi connectivity index (χ3n) is 1.15. The first-order valence-electron chi connectivity index (χ1n) is 3.51. The Morgan fingerprint density at radius 1 is 1.00 bits per heavy atom. The van der Waals surface area contributed by atoms with E-state index in [0.29, 0.717) is 0 Å². The SMILES string of the molecule is O=S(=O)(O)Oc1[c]cc(OS(=O)(=O)O)cc1. The van der Waals surface area contributed by atoms with Crippen LogP contribution in [-0.2, 0) is 20.8 Å². The largest absolute Gasteiger partial charge is 0.446 e. The minimum atomic E-state index is -4.66. The average Bonchev–Trinajstić information content (AvgIpc) is 2.03. The lowest BCUT2D eigenvalue weighted by Gasteiger charge is -2.02. The van der Waals surface area contributed by atoms with Gasteiger partial charge in [0, 0.05) is 6.07 Å². The van der Waals surface area contributed by atoms with Crippen molar-refractivity contribution in [3.63, 3.8) is 0 Å². The van der Waals surface area contributed by atoms with Crippen molar-refractivity contribution in [2.75, 3.05) is 0 Å². The molecule has 0 bridgehead atoms. The normalized spacial score (nSPS) is 12.1. The highest BCUT2D eigenvalue weighted by Crippen LogP contribution is 2.18. The van der Waals surface area contributed by atoms with Gasteiger partial charge in [-0.1, -0.05) is 0 Å². The topological polar surface area (TPSA) is 127 Å². The van der Waals surface area contributed by atoms with E-state index in [2.05, 4.69) is 14.4 Å². The molecule has 16 heavy (non-hydrogen) atoms. The molecule has 0 aliphatic carbocycles. The summed E-state index contributed by atoms with van der Waals surface area (Å²) in [5.41, 5.74) is 0. The minimum Gasteiger partial charge on any atom is -0.362 e. The van der Waals surface area contributed by atoms with Crippen LogP contribution in [0, 0.1) is 6.07 Å². The van der Waals surface area contributed by atoms with Gasteiger partial charge < -0.3 is 8.37 Å². The fraction of sp³-hybridized carbons (Fsp3) is 0. The van der Waals surface area contributed by atoms with E-state index >= 15 is 0 Å². The number of rotatable bonds is 4. The Balaban J connectivity index is 2.84. The maximum absolute atomic E-state index is 10.3. The van der Waals surface area contributed by atoms with E-state index < -0.39 is 20.8 Å². The first-order valence-corrected chi connectivity index (χ1v) is 6.24. The molecule has 8 nitrogen and oxygen atoms in total. The highest BCUT2D eigenvalue weighted by molar-refractivity contribution is 7.81. The van der Waals surface area contributed by atoms with Crippen LogP contribution >= 0.6 is 0 Å². The smallest absolute Gasteiger partial charge is 0.362 e. The predicted molar refractivity (Wildman–Crippen MR) is 49.6 cm³/mol. The molecule has 0 amide bonds. The molecule has 0 atom stereocenters. The summed E-state index contributed by atoms with van der Waals surface area (Å²) in [6.45, 7) is 0. The van der Waals surface area contributed by atoms with E-state index in [1.54, 1.807) is 0 Å². The summed E-state index contributed by atoms with van der Waals surface area (Å²) in [4.78, 5) is 0. The van der Waals surface area contributed by atoms with E-state index in [0.717, 1.165) is 18.2 Å². The monoisotopic (exact) mass is 269 g/mol. The second-order valence-corrected chi connectivity index (χ2v) is 4.46. The molecule has 0 aliphatic rings. The molecule has 0 fully saturated rings. The molecule has 1 aromatic carbocycles. The lowest BCUT2D eigenvalue weighted by atomic mass is 10.3. The first kappa shape index (κ1) is 12.7. The van der Waals surface area contributed by atoms with Gasteiger partial charge in [-0.3, -0.25) is 9.11 Å². The Morgan fingerprint density at radius 3 is 1.94 bits per heavy atom. The van der Waals surface area contributed by atoms with E-state index in [-0.39, 0.29) is 11.5 Å². The molecule has 0 spiro atoms. The van der Waals surface area contributed by atoms with Crippen LogP contribution < -0.4 is 8.37 Å². The number of benzene rings is 1. The lowest BCUT2D eigenvalue weighted by Crippen LogP contribution is -2.08. The van der Waals surface area contributed by atoms with Crippen molar-refractivity contribution >= 4 is 20.8 Å². The molecule has 0 aliphatic heterocycles. The van der Waals surface area contributed by atoms with Gasteiger partial charge in [0.2, 0.25) is 0 Å². The van der Waals surface area contributed by atoms with Crippen LogP contribution in [0.4, 0.5) is 0 Å². The van der Waals surface area contributed by atoms with Gasteiger partial charge in [0.05, 0.1) is 0 Å². The van der Waals surface area contributed by atoms with Gasteiger partial charge in [-0.25, -0.2) is 0 Å². The van der Waals surface area contributed by atoms with Crippen LogP contribution in [0.25, 0.3) is 0 Å². The van der Waals surface area contributed by atoms with E-state index in [4.69, 9.17) is 9.11 Å². The van der Waals surface area contributed by atoms with Crippen molar-refractivity contribution in [2.45, 2.75) is 0 Å². The van der Waals surface area contributed by atoms with Gasteiger partial charge in [0.1, 0.15) is 5.75 Å². The lowest BCUT2D eigenvalue weighted by molar-refractivity contribution is 0.380. The van der Waals surface area contributed by atoms with Crippen molar-refractivity contribution in [2.24, 2.45) is 0 Å². The summed E-state index contributed by atoms with van der Waals surface area (Å²) in [7, 11) is -9.32. The highest BCUT2D eigenvalue weighted by Gasteiger charge is 2.09. The summed E-state index contributed by atoms with van der Waals surface area (Å²) < 4.78 is 65.6. The van der Waals surface area contributed by atoms with E-state index in [1.807, 2.05) is 0 Å². The molecular weight excluding hydrogens is 264 g/mol. The van der Waals surface area contributed by atoms with Crippen LogP contribution in [-0.4, -0.2) is 25.9 Å². The van der Waals surface area contributed by atoms with Crippen LogP contribution in [0.1, 0.15) is 0 Å². The third kappa shape index (κ3) is 4.93. The van der Waals surface area contributed by atoms with Gasteiger partial charge in [0.15, 0.2) is 5.75 Å². The Morgan fingerprint density at radius 2 is 1.56 bits per heavy atom. The molecule has 0 aromatic heterocycles. The summed E-state index contributed by atoms with van der Waals surface area (Å²) in [5, 5.41) is 0. The molecule has 0 heterocycles. The zero-order chi connectivity index (χ0) is 12.4. The zero-order valence-electron chi connectivity index (χ0n) is 7.39. The summed E-state index contributed by atoms with van der Waals surface area (Å²) in [6, 6.07) is 5.01. The Bertz CT molecular complexity index is 502. The van der Waals surface area contributed by atoms with Crippen LogP contribution in [0.5, 0.6) is 11.5 Å². The number of hydrogen-bond acceptors (Lipinski definition) is 6. The van der Waals surface area contributed by atoms with Crippen molar-refractivity contribution in [1.29, 1.82) is 0 Å². The third-order valence-corrected chi connectivity index (χ3v) is 1.95. The first-order chi connectivity index (χ1) is 7.16. The van der Waals surface area contributed by atoms with Crippen molar-refractivity contribution in [3.05, 3.63) is 24.3 Å². The summed E-state index contributed by atoms with van der Waals surface area (Å²) in [5.74, 6) is -0.671. The van der Waals surface area contributed by atoms with Crippen molar-refractivity contribution < 1.29 is 34.3 Å².